The summed E-state index contributed by atoms with van der Waals surface area (Å²) in [6, 6.07) is 8.67. The summed E-state index contributed by atoms with van der Waals surface area (Å²) in [6.45, 7) is 6.24. The average Bonchev–Trinajstić information content (AvgIpc) is 2.59. The number of imidazole rings is 1. The minimum Gasteiger partial charge on any atom is -0.353 e. The fourth-order valence-corrected chi connectivity index (χ4v) is 2.34. The van der Waals surface area contributed by atoms with Gasteiger partial charge in [-0.25, -0.2) is 4.98 Å². The molecule has 90 valence electrons. The van der Waals surface area contributed by atoms with Gasteiger partial charge in [-0.2, -0.15) is 0 Å². The zero-order valence-electron chi connectivity index (χ0n) is 10.2. The molecule has 0 unspecified atom stereocenters. The van der Waals surface area contributed by atoms with Gasteiger partial charge in [0.15, 0.2) is 0 Å². The number of para-hydroxylation sites is 1. The van der Waals surface area contributed by atoms with Crippen LogP contribution in [0, 0.1) is 10.5 Å². The van der Waals surface area contributed by atoms with Gasteiger partial charge in [0.05, 0.1) is 11.4 Å². The monoisotopic (exact) mass is 341 g/mol. The maximum Gasteiger partial charge on any atom is 0.207 e. The largest absolute Gasteiger partial charge is 0.353 e. The highest BCUT2D eigenvalue weighted by Crippen LogP contribution is 2.21. The Kier molecular flexibility index (Phi) is 3.71. The maximum atomic E-state index is 4.52. The van der Waals surface area contributed by atoms with Crippen LogP contribution in [-0.4, -0.2) is 15.6 Å². The third-order valence-corrected chi connectivity index (χ3v) is 3.27. The van der Waals surface area contributed by atoms with Gasteiger partial charge in [-0.05, 0) is 55.5 Å². The number of nitrogens with zero attached hydrogens (tertiary/aromatic N) is 2. The van der Waals surface area contributed by atoms with Gasteiger partial charge in [0.2, 0.25) is 5.95 Å². The first kappa shape index (κ1) is 12.4. The van der Waals surface area contributed by atoms with Gasteiger partial charge in [0.1, 0.15) is 0 Å². The van der Waals surface area contributed by atoms with Gasteiger partial charge in [0, 0.05) is 15.8 Å². The Morgan fingerprint density at radius 1 is 1.29 bits per heavy atom. The predicted octanol–water partition coefficient (Wildman–Crippen LogP) is 3.61. The number of halogens is 1. The smallest absolute Gasteiger partial charge is 0.207 e. The molecule has 2 rings (SSSR count). The highest BCUT2D eigenvalue weighted by atomic mass is 127. The molecule has 0 spiro atoms. The molecule has 0 aliphatic rings. The molecule has 1 aromatic carbocycles. The van der Waals surface area contributed by atoms with Crippen LogP contribution in [0.15, 0.2) is 30.5 Å². The molecule has 1 aromatic heterocycles. The van der Waals surface area contributed by atoms with E-state index in [1.165, 1.54) is 3.57 Å². The van der Waals surface area contributed by atoms with Crippen LogP contribution in [-0.2, 0) is 0 Å². The van der Waals surface area contributed by atoms with Crippen molar-refractivity contribution in [2.75, 3.05) is 5.32 Å². The Hall–Kier alpha value is -1.04. The Balaban J connectivity index is 2.48. The number of rotatable bonds is 3. The lowest BCUT2D eigenvalue weighted by atomic mass is 10.3. The van der Waals surface area contributed by atoms with Crippen molar-refractivity contribution in [2.45, 2.75) is 26.8 Å². The van der Waals surface area contributed by atoms with E-state index >= 15 is 0 Å². The highest BCUT2D eigenvalue weighted by molar-refractivity contribution is 14.1. The summed E-state index contributed by atoms with van der Waals surface area (Å²) in [4.78, 5) is 4.52. The molecule has 3 nitrogen and oxygen atoms in total. The number of hydrogen-bond acceptors (Lipinski definition) is 2. The van der Waals surface area contributed by atoms with Crippen LogP contribution in [0.4, 0.5) is 5.95 Å². The molecule has 0 saturated heterocycles. The molecule has 2 aromatic rings. The van der Waals surface area contributed by atoms with Crippen LogP contribution in [0.1, 0.15) is 19.5 Å². The van der Waals surface area contributed by atoms with Crippen LogP contribution >= 0.6 is 22.6 Å². The first-order chi connectivity index (χ1) is 8.08. The number of hydrogen-bond donors (Lipinski definition) is 1. The zero-order chi connectivity index (χ0) is 12.4. The van der Waals surface area contributed by atoms with Crippen molar-refractivity contribution in [3.05, 3.63) is 39.7 Å². The van der Waals surface area contributed by atoms with E-state index in [-0.39, 0.29) is 0 Å². The lowest BCUT2D eigenvalue weighted by molar-refractivity contribution is 0.863. The molecule has 17 heavy (non-hydrogen) atoms. The third-order valence-electron chi connectivity index (χ3n) is 2.36. The second-order valence-corrected chi connectivity index (χ2v) is 5.49. The van der Waals surface area contributed by atoms with Crippen LogP contribution in [0.5, 0.6) is 0 Å². The Morgan fingerprint density at radius 3 is 2.65 bits per heavy atom. The van der Waals surface area contributed by atoms with Gasteiger partial charge >= 0.3 is 0 Å². The summed E-state index contributed by atoms with van der Waals surface area (Å²) >= 11 is 2.35. The first-order valence-corrected chi connectivity index (χ1v) is 6.73. The molecule has 4 heteroatoms. The summed E-state index contributed by atoms with van der Waals surface area (Å²) in [5.74, 6) is 0.904. The number of aryl methyl sites for hydroxylation is 1. The second-order valence-electron chi connectivity index (χ2n) is 4.33. The molecule has 0 bridgehead atoms. The van der Waals surface area contributed by atoms with E-state index in [4.69, 9.17) is 0 Å². The fourth-order valence-electron chi connectivity index (χ4n) is 1.69. The van der Waals surface area contributed by atoms with E-state index in [0.29, 0.717) is 6.04 Å². The van der Waals surface area contributed by atoms with Crippen molar-refractivity contribution >= 4 is 28.5 Å². The quantitative estimate of drug-likeness (QED) is 0.865. The number of aromatic nitrogens is 2. The summed E-state index contributed by atoms with van der Waals surface area (Å²) < 4.78 is 3.33. The Bertz CT molecular complexity index is 517. The van der Waals surface area contributed by atoms with Gasteiger partial charge in [0.25, 0.3) is 0 Å². The molecule has 0 radical (unpaired) electrons. The van der Waals surface area contributed by atoms with E-state index in [1.807, 2.05) is 19.1 Å². The molecule has 1 heterocycles. The standard InChI is InChI=1S/C13H16IN3/c1-9(2)15-13-16-10(3)8-17(13)12-7-5-4-6-11(12)14/h4-9H,1-3H3,(H,15,16). The molecule has 0 amide bonds. The van der Waals surface area contributed by atoms with Crippen molar-refractivity contribution in [3.63, 3.8) is 0 Å². The van der Waals surface area contributed by atoms with Crippen molar-refractivity contribution in [3.8, 4) is 5.69 Å². The molecule has 0 aliphatic heterocycles. The SMILES string of the molecule is Cc1cn(-c2ccccc2I)c(NC(C)C)n1. The van der Waals surface area contributed by atoms with E-state index in [1.54, 1.807) is 0 Å². The minimum absolute atomic E-state index is 0.372. The zero-order valence-corrected chi connectivity index (χ0v) is 12.4. The number of nitrogens with one attached hydrogen (secondary N) is 1. The van der Waals surface area contributed by atoms with E-state index in [0.717, 1.165) is 17.3 Å². The Morgan fingerprint density at radius 2 is 2.00 bits per heavy atom. The van der Waals surface area contributed by atoms with Gasteiger partial charge in [-0.3, -0.25) is 4.57 Å². The highest BCUT2D eigenvalue weighted by Gasteiger charge is 2.10. The summed E-state index contributed by atoms with van der Waals surface area (Å²) in [7, 11) is 0. The van der Waals surface area contributed by atoms with Crippen molar-refractivity contribution in [1.82, 2.24) is 9.55 Å². The number of benzene rings is 1. The molecular weight excluding hydrogens is 325 g/mol. The average molecular weight is 341 g/mol. The molecule has 0 fully saturated rings. The molecule has 0 saturated carbocycles. The van der Waals surface area contributed by atoms with Crippen LogP contribution in [0.2, 0.25) is 0 Å². The van der Waals surface area contributed by atoms with E-state index < -0.39 is 0 Å². The fraction of sp³-hybridized carbons (Fsp3) is 0.308. The molecular formula is C13H16IN3. The summed E-state index contributed by atoms with van der Waals surface area (Å²) in [5.41, 5.74) is 2.18. The normalized spacial score (nSPS) is 10.9. The van der Waals surface area contributed by atoms with Gasteiger partial charge in [-0.15, -0.1) is 0 Å². The molecule has 0 atom stereocenters. The van der Waals surface area contributed by atoms with Crippen molar-refractivity contribution < 1.29 is 0 Å². The topological polar surface area (TPSA) is 29.9 Å². The summed E-state index contributed by atoms with van der Waals surface area (Å²) in [6.07, 6.45) is 2.06. The van der Waals surface area contributed by atoms with E-state index in [9.17, 15) is 0 Å². The third kappa shape index (κ3) is 2.80. The lowest BCUT2D eigenvalue weighted by Crippen LogP contribution is -2.14. The second kappa shape index (κ2) is 5.08. The van der Waals surface area contributed by atoms with Crippen molar-refractivity contribution in [1.29, 1.82) is 0 Å². The predicted molar refractivity (Wildman–Crippen MR) is 79.8 cm³/mol. The van der Waals surface area contributed by atoms with E-state index in [2.05, 4.69) is 69.6 Å². The van der Waals surface area contributed by atoms with Crippen LogP contribution < -0.4 is 5.32 Å². The summed E-state index contributed by atoms with van der Waals surface area (Å²) in [5, 5.41) is 3.37. The molecule has 1 N–H and O–H groups in total. The Labute approximate surface area is 115 Å². The van der Waals surface area contributed by atoms with Crippen LogP contribution in [0.3, 0.4) is 0 Å². The van der Waals surface area contributed by atoms with Crippen LogP contribution in [0.25, 0.3) is 5.69 Å². The lowest BCUT2D eigenvalue weighted by Gasteiger charge is -2.13. The number of anilines is 1. The van der Waals surface area contributed by atoms with Gasteiger partial charge in [-0.1, -0.05) is 12.1 Å². The first-order valence-electron chi connectivity index (χ1n) is 5.65. The van der Waals surface area contributed by atoms with Gasteiger partial charge < -0.3 is 5.32 Å². The van der Waals surface area contributed by atoms with Crippen molar-refractivity contribution in [2.24, 2.45) is 0 Å². The minimum atomic E-state index is 0.372. The maximum absolute atomic E-state index is 4.52. The molecule has 0 aliphatic carbocycles.